The summed E-state index contributed by atoms with van der Waals surface area (Å²) in [4.78, 5) is 8.74. The van der Waals surface area contributed by atoms with Gasteiger partial charge in [-0.15, -0.1) is 20.4 Å². The monoisotopic (exact) mass is 650 g/mol. The molecule has 0 aliphatic rings. The number of phenols is 2. The lowest BCUT2D eigenvalue weighted by molar-refractivity contribution is 0.225. The van der Waals surface area contributed by atoms with Crippen molar-refractivity contribution in [1.82, 2.24) is 39.7 Å². The van der Waals surface area contributed by atoms with Crippen LogP contribution in [0.15, 0.2) is 118 Å². The first-order valence-corrected chi connectivity index (χ1v) is 15.9. The Kier molecular flexibility index (Phi) is 9.72. The Morgan fingerprint density at radius 2 is 1.04 bits per heavy atom. The standard InChI is InChI=1S/C31H26N10O3S2/c42-23(19-45-30-38-36-28(24-11-5-7-15-32-24)40(30)34-17-21-9-1-3-13-26(21)43)20-46-31-39-37-29(25-12-6-8-16-33-25)41(31)35-18-22-10-2-4-14-27(22)44/h1-18,23,42-44H,19-20H2/b34-17+,35-18+. The number of rotatable bonds is 12. The van der Waals surface area contributed by atoms with Crippen LogP contribution in [0.2, 0.25) is 0 Å². The fourth-order valence-corrected chi connectivity index (χ4v) is 5.83. The zero-order valence-electron chi connectivity index (χ0n) is 24.0. The van der Waals surface area contributed by atoms with Crippen molar-refractivity contribution in [3.05, 3.63) is 108 Å². The van der Waals surface area contributed by atoms with Crippen LogP contribution in [0.25, 0.3) is 23.0 Å². The Morgan fingerprint density at radius 3 is 1.46 bits per heavy atom. The van der Waals surface area contributed by atoms with Gasteiger partial charge in [-0.3, -0.25) is 9.97 Å². The van der Waals surface area contributed by atoms with Crippen LogP contribution in [0.1, 0.15) is 11.1 Å². The van der Waals surface area contributed by atoms with E-state index in [1.807, 2.05) is 12.1 Å². The zero-order valence-corrected chi connectivity index (χ0v) is 25.6. The van der Waals surface area contributed by atoms with Crippen molar-refractivity contribution in [2.45, 2.75) is 16.4 Å². The van der Waals surface area contributed by atoms with E-state index in [0.29, 0.717) is 44.5 Å². The fourth-order valence-electron chi connectivity index (χ4n) is 4.05. The molecular formula is C31H26N10O3S2. The fraction of sp³-hybridized carbons (Fsp3) is 0.0968. The van der Waals surface area contributed by atoms with Crippen LogP contribution in [0.5, 0.6) is 11.5 Å². The van der Waals surface area contributed by atoms with Crippen LogP contribution < -0.4 is 0 Å². The van der Waals surface area contributed by atoms with Gasteiger partial charge in [0.2, 0.25) is 22.0 Å². The SMILES string of the molecule is Oc1ccccc1/C=N/n1c(SCC(O)CSc2nnc(-c3ccccn3)n2/N=C/c2ccccc2O)nnc1-c1ccccn1. The van der Waals surface area contributed by atoms with Gasteiger partial charge in [0.15, 0.2) is 0 Å². The lowest BCUT2D eigenvalue weighted by Crippen LogP contribution is -2.14. The van der Waals surface area contributed by atoms with Gasteiger partial charge in [-0.1, -0.05) is 59.9 Å². The number of pyridine rings is 2. The highest BCUT2D eigenvalue weighted by Gasteiger charge is 2.19. The Bertz CT molecular complexity index is 1830. The molecule has 0 amide bonds. The summed E-state index contributed by atoms with van der Waals surface area (Å²) in [5, 5.41) is 58.5. The molecule has 0 fully saturated rings. The van der Waals surface area contributed by atoms with Gasteiger partial charge in [0.25, 0.3) is 0 Å². The maximum atomic E-state index is 11.0. The normalized spacial score (nSPS) is 11.7. The van der Waals surface area contributed by atoms with E-state index in [0.717, 1.165) is 0 Å². The molecule has 4 heterocycles. The number of thioether (sulfide) groups is 2. The van der Waals surface area contributed by atoms with E-state index >= 15 is 0 Å². The molecule has 46 heavy (non-hydrogen) atoms. The van der Waals surface area contributed by atoms with Gasteiger partial charge in [-0.05, 0) is 48.5 Å². The number of aliphatic hydroxyl groups excluding tert-OH is 1. The van der Waals surface area contributed by atoms with Crippen LogP contribution in [-0.4, -0.2) is 85.1 Å². The summed E-state index contributed by atoms with van der Waals surface area (Å²) < 4.78 is 3.06. The number of nitrogens with zero attached hydrogens (tertiary/aromatic N) is 10. The Morgan fingerprint density at radius 1 is 0.609 bits per heavy atom. The minimum Gasteiger partial charge on any atom is -0.507 e. The average Bonchev–Trinajstić information content (AvgIpc) is 3.70. The van der Waals surface area contributed by atoms with E-state index in [-0.39, 0.29) is 23.0 Å². The highest BCUT2D eigenvalue weighted by atomic mass is 32.2. The van der Waals surface area contributed by atoms with Crippen LogP contribution in [0, 0.1) is 0 Å². The molecule has 0 bridgehead atoms. The van der Waals surface area contributed by atoms with Crippen molar-refractivity contribution in [2.24, 2.45) is 10.2 Å². The second-order valence-electron chi connectivity index (χ2n) is 9.55. The van der Waals surface area contributed by atoms with Crippen LogP contribution in [0.3, 0.4) is 0 Å². The van der Waals surface area contributed by atoms with Crippen molar-refractivity contribution >= 4 is 36.0 Å². The quantitative estimate of drug-likeness (QED) is 0.126. The molecule has 230 valence electrons. The number of aromatic nitrogens is 8. The first kappa shape index (κ1) is 30.6. The van der Waals surface area contributed by atoms with E-state index in [2.05, 4.69) is 40.6 Å². The molecule has 6 rings (SSSR count). The molecule has 3 N–H and O–H groups in total. The van der Waals surface area contributed by atoms with Gasteiger partial charge in [-0.2, -0.15) is 19.6 Å². The largest absolute Gasteiger partial charge is 0.507 e. The Balaban J connectivity index is 1.19. The van der Waals surface area contributed by atoms with E-state index in [4.69, 9.17) is 0 Å². The lowest BCUT2D eigenvalue weighted by Gasteiger charge is -2.10. The third-order valence-electron chi connectivity index (χ3n) is 6.32. The summed E-state index contributed by atoms with van der Waals surface area (Å²) in [5.74, 6) is 1.53. The molecule has 6 aromatic rings. The third kappa shape index (κ3) is 7.28. The van der Waals surface area contributed by atoms with E-state index in [1.165, 1.54) is 45.3 Å². The topological polar surface area (TPSA) is 173 Å². The Hall–Kier alpha value is -5.38. The van der Waals surface area contributed by atoms with Gasteiger partial charge < -0.3 is 15.3 Å². The summed E-state index contributed by atoms with van der Waals surface area (Å²) in [6.45, 7) is 0. The molecule has 0 radical (unpaired) electrons. The smallest absolute Gasteiger partial charge is 0.212 e. The highest BCUT2D eigenvalue weighted by Crippen LogP contribution is 2.27. The van der Waals surface area contributed by atoms with Gasteiger partial charge in [-0.25, -0.2) is 0 Å². The van der Waals surface area contributed by atoms with Crippen LogP contribution >= 0.6 is 23.5 Å². The first-order valence-electron chi connectivity index (χ1n) is 13.9. The summed E-state index contributed by atoms with van der Waals surface area (Å²) in [6.07, 6.45) is 5.55. The molecule has 0 unspecified atom stereocenters. The number of hydrogen-bond donors (Lipinski definition) is 3. The van der Waals surface area contributed by atoms with Crippen molar-refractivity contribution in [3.8, 4) is 34.5 Å². The predicted molar refractivity (Wildman–Crippen MR) is 176 cm³/mol. The van der Waals surface area contributed by atoms with Crippen molar-refractivity contribution < 1.29 is 15.3 Å². The molecule has 2 aromatic carbocycles. The number of benzene rings is 2. The minimum absolute atomic E-state index is 0.0873. The van der Waals surface area contributed by atoms with Crippen LogP contribution in [-0.2, 0) is 0 Å². The molecular weight excluding hydrogens is 625 g/mol. The zero-order chi connectivity index (χ0) is 31.7. The maximum absolute atomic E-state index is 11.0. The van der Waals surface area contributed by atoms with E-state index < -0.39 is 6.10 Å². The van der Waals surface area contributed by atoms with Crippen molar-refractivity contribution in [3.63, 3.8) is 0 Å². The van der Waals surface area contributed by atoms with Crippen molar-refractivity contribution in [2.75, 3.05) is 11.5 Å². The maximum Gasteiger partial charge on any atom is 0.212 e. The number of phenolic OH excluding ortho intramolecular Hbond substituents is 2. The number of aromatic hydroxyl groups is 2. The molecule has 0 saturated carbocycles. The van der Waals surface area contributed by atoms with E-state index in [9.17, 15) is 15.3 Å². The number of hydrogen-bond acceptors (Lipinski definition) is 13. The molecule has 0 spiro atoms. The molecule has 0 saturated heterocycles. The van der Waals surface area contributed by atoms with Gasteiger partial charge >= 0.3 is 0 Å². The second kappa shape index (κ2) is 14.6. The van der Waals surface area contributed by atoms with Crippen LogP contribution in [0.4, 0.5) is 0 Å². The third-order valence-corrected chi connectivity index (χ3v) is 8.45. The molecule has 0 aliphatic heterocycles. The average molecular weight is 651 g/mol. The molecule has 15 heteroatoms. The number of para-hydroxylation sites is 2. The lowest BCUT2D eigenvalue weighted by atomic mass is 10.2. The van der Waals surface area contributed by atoms with Gasteiger partial charge in [0.1, 0.15) is 22.9 Å². The van der Waals surface area contributed by atoms with E-state index in [1.54, 1.807) is 85.2 Å². The van der Waals surface area contributed by atoms with Crippen molar-refractivity contribution in [1.29, 1.82) is 0 Å². The van der Waals surface area contributed by atoms with Gasteiger partial charge in [0, 0.05) is 35.0 Å². The molecule has 4 aromatic heterocycles. The molecule has 0 atom stereocenters. The number of aliphatic hydroxyl groups is 1. The second-order valence-corrected chi connectivity index (χ2v) is 11.5. The summed E-state index contributed by atoms with van der Waals surface area (Å²) in [5.41, 5.74) is 2.18. The van der Waals surface area contributed by atoms with Gasteiger partial charge in [0.05, 0.1) is 18.5 Å². The predicted octanol–water partition coefficient (Wildman–Crippen LogP) is 4.41. The molecule has 13 nitrogen and oxygen atoms in total. The highest BCUT2D eigenvalue weighted by molar-refractivity contribution is 8.00. The summed E-state index contributed by atoms with van der Waals surface area (Å²) >= 11 is 2.54. The molecule has 0 aliphatic carbocycles. The minimum atomic E-state index is -0.786. The summed E-state index contributed by atoms with van der Waals surface area (Å²) in [6, 6.07) is 24.6. The summed E-state index contributed by atoms with van der Waals surface area (Å²) in [7, 11) is 0. The first-order chi connectivity index (χ1) is 22.6. The Labute approximate surface area is 271 Å².